The first kappa shape index (κ1) is 23.1. The highest BCUT2D eigenvalue weighted by Crippen LogP contribution is 2.32. The highest BCUT2D eigenvalue weighted by atomic mass is 32.2. The van der Waals surface area contributed by atoms with Crippen LogP contribution < -0.4 is 23.9 Å². The van der Waals surface area contributed by atoms with E-state index in [-0.39, 0.29) is 11.7 Å². The highest BCUT2D eigenvalue weighted by Gasteiger charge is 2.27. The Morgan fingerprint density at radius 3 is 2.47 bits per heavy atom. The number of amides is 1. The van der Waals surface area contributed by atoms with Gasteiger partial charge in [0.25, 0.3) is 15.9 Å². The van der Waals surface area contributed by atoms with Gasteiger partial charge in [-0.1, -0.05) is 17.7 Å². The largest absolute Gasteiger partial charge is 0.497 e. The number of carbonyl (C=O) groups is 1. The summed E-state index contributed by atoms with van der Waals surface area (Å²) in [5.74, 6) is 1.18. The van der Waals surface area contributed by atoms with Crippen molar-refractivity contribution >= 4 is 27.8 Å². The van der Waals surface area contributed by atoms with Crippen molar-refractivity contribution in [2.75, 3.05) is 24.8 Å². The quantitative estimate of drug-likeness (QED) is 0.392. The molecule has 1 amide bonds. The number of ether oxygens (including phenoxy) is 3. The summed E-state index contributed by atoms with van der Waals surface area (Å²) in [5, 5.41) is 3.95. The molecule has 9 nitrogen and oxygen atoms in total. The predicted octanol–water partition coefficient (Wildman–Crippen LogP) is 3.08. The lowest BCUT2D eigenvalue weighted by molar-refractivity contribution is -0.119. The van der Waals surface area contributed by atoms with Crippen molar-refractivity contribution in [3.8, 4) is 17.2 Å². The monoisotopic (exact) mass is 481 g/mol. The van der Waals surface area contributed by atoms with Crippen LogP contribution in [0, 0.1) is 6.92 Å². The summed E-state index contributed by atoms with van der Waals surface area (Å²) in [6, 6.07) is 18.1. The molecule has 176 valence electrons. The van der Waals surface area contributed by atoms with Gasteiger partial charge in [0.15, 0.2) is 11.5 Å². The van der Waals surface area contributed by atoms with Crippen molar-refractivity contribution in [1.82, 2.24) is 5.43 Å². The summed E-state index contributed by atoms with van der Waals surface area (Å²) in [4.78, 5) is 12.7. The van der Waals surface area contributed by atoms with Crippen molar-refractivity contribution in [3.63, 3.8) is 0 Å². The fourth-order valence-electron chi connectivity index (χ4n) is 3.24. The second kappa shape index (κ2) is 9.84. The number of hydrogen-bond acceptors (Lipinski definition) is 7. The number of rotatable bonds is 8. The van der Waals surface area contributed by atoms with Crippen LogP contribution in [0.1, 0.15) is 11.1 Å². The second-order valence-corrected chi connectivity index (χ2v) is 9.29. The maximum absolute atomic E-state index is 13.4. The smallest absolute Gasteiger partial charge is 0.264 e. The van der Waals surface area contributed by atoms with E-state index in [1.807, 2.05) is 6.92 Å². The van der Waals surface area contributed by atoms with Crippen molar-refractivity contribution < 1.29 is 27.4 Å². The third-order valence-electron chi connectivity index (χ3n) is 5.06. The molecule has 1 aliphatic heterocycles. The van der Waals surface area contributed by atoms with Gasteiger partial charge in [0.05, 0.1) is 23.9 Å². The molecule has 3 aromatic carbocycles. The van der Waals surface area contributed by atoms with Crippen LogP contribution in [-0.2, 0) is 14.8 Å². The molecular formula is C24H23N3O6S. The summed E-state index contributed by atoms with van der Waals surface area (Å²) in [6.45, 7) is 1.55. The van der Waals surface area contributed by atoms with Crippen LogP contribution in [-0.4, -0.2) is 41.0 Å². The van der Waals surface area contributed by atoms with E-state index in [0.29, 0.717) is 28.5 Å². The molecule has 0 saturated heterocycles. The van der Waals surface area contributed by atoms with Gasteiger partial charge in [0.1, 0.15) is 12.3 Å². The van der Waals surface area contributed by atoms with Gasteiger partial charge in [-0.25, -0.2) is 13.8 Å². The maximum atomic E-state index is 13.4. The zero-order valence-corrected chi connectivity index (χ0v) is 19.4. The molecule has 1 heterocycles. The van der Waals surface area contributed by atoms with Gasteiger partial charge in [0, 0.05) is 0 Å². The summed E-state index contributed by atoms with van der Waals surface area (Å²) >= 11 is 0. The Hall–Kier alpha value is -4.05. The third-order valence-corrected chi connectivity index (χ3v) is 6.84. The van der Waals surface area contributed by atoms with Gasteiger partial charge in [-0.05, 0) is 67.1 Å². The fraction of sp³-hybridized carbons (Fsp3) is 0.167. The Bertz CT molecular complexity index is 1310. The molecular weight excluding hydrogens is 458 g/mol. The SMILES string of the molecule is COc1ccc(N(CC(=O)N/N=C\c2ccc3c(c2)OCO3)S(=O)(=O)c2ccc(C)cc2)cc1. The Kier molecular flexibility index (Phi) is 6.69. The molecule has 0 radical (unpaired) electrons. The molecule has 0 bridgehead atoms. The zero-order valence-electron chi connectivity index (χ0n) is 18.6. The van der Waals surface area contributed by atoms with E-state index in [9.17, 15) is 13.2 Å². The molecule has 4 rings (SSSR count). The molecule has 10 heteroatoms. The molecule has 0 spiro atoms. The van der Waals surface area contributed by atoms with E-state index in [1.54, 1.807) is 54.6 Å². The first-order valence-corrected chi connectivity index (χ1v) is 11.8. The minimum Gasteiger partial charge on any atom is -0.497 e. The summed E-state index contributed by atoms with van der Waals surface area (Å²) in [6.07, 6.45) is 1.44. The molecule has 0 saturated carbocycles. The molecule has 1 N–H and O–H groups in total. The maximum Gasteiger partial charge on any atom is 0.264 e. The number of methoxy groups -OCH3 is 1. The fourth-order valence-corrected chi connectivity index (χ4v) is 4.66. The number of aryl methyl sites for hydroxylation is 1. The Morgan fingerprint density at radius 1 is 1.06 bits per heavy atom. The molecule has 0 fully saturated rings. The summed E-state index contributed by atoms with van der Waals surface area (Å²) < 4.78 is 43.5. The van der Waals surface area contributed by atoms with E-state index >= 15 is 0 Å². The average Bonchev–Trinajstić information content (AvgIpc) is 3.31. The summed E-state index contributed by atoms with van der Waals surface area (Å²) in [5.41, 5.74) is 4.30. The number of sulfonamides is 1. The van der Waals surface area contributed by atoms with Crippen molar-refractivity contribution in [1.29, 1.82) is 0 Å². The number of anilines is 1. The van der Waals surface area contributed by atoms with E-state index in [2.05, 4.69) is 10.5 Å². The van der Waals surface area contributed by atoms with Crippen LogP contribution in [0.3, 0.4) is 0 Å². The number of nitrogens with zero attached hydrogens (tertiary/aromatic N) is 2. The van der Waals surface area contributed by atoms with E-state index in [1.165, 1.54) is 25.5 Å². The molecule has 1 aliphatic rings. The van der Waals surface area contributed by atoms with E-state index in [0.717, 1.165) is 9.87 Å². The lowest BCUT2D eigenvalue weighted by Crippen LogP contribution is -2.39. The normalized spacial score (nSPS) is 12.5. The first-order chi connectivity index (χ1) is 16.4. The minimum atomic E-state index is -4.02. The molecule has 0 aliphatic carbocycles. The van der Waals surface area contributed by atoms with E-state index < -0.39 is 22.5 Å². The van der Waals surface area contributed by atoms with Gasteiger partial charge >= 0.3 is 0 Å². The zero-order chi connectivity index (χ0) is 24.1. The van der Waals surface area contributed by atoms with Gasteiger partial charge < -0.3 is 14.2 Å². The average molecular weight is 482 g/mol. The molecule has 0 aromatic heterocycles. The number of nitrogens with one attached hydrogen (secondary N) is 1. The topological polar surface area (TPSA) is 107 Å². The molecule has 34 heavy (non-hydrogen) atoms. The molecule has 3 aromatic rings. The minimum absolute atomic E-state index is 0.0746. The lowest BCUT2D eigenvalue weighted by atomic mass is 10.2. The highest BCUT2D eigenvalue weighted by molar-refractivity contribution is 7.92. The van der Waals surface area contributed by atoms with Gasteiger partial charge in [-0.2, -0.15) is 5.10 Å². The Labute approximate surface area is 197 Å². The number of hydrogen-bond donors (Lipinski definition) is 1. The number of hydrazone groups is 1. The van der Waals surface area contributed by atoms with Crippen LogP contribution in [0.15, 0.2) is 76.7 Å². The number of benzene rings is 3. The van der Waals surface area contributed by atoms with Crippen LogP contribution in [0.25, 0.3) is 0 Å². The van der Waals surface area contributed by atoms with Crippen molar-refractivity contribution in [2.24, 2.45) is 5.10 Å². The van der Waals surface area contributed by atoms with Crippen LogP contribution in [0.2, 0.25) is 0 Å². The number of fused-ring (bicyclic) bond motifs is 1. The van der Waals surface area contributed by atoms with Crippen LogP contribution in [0.5, 0.6) is 17.2 Å². The lowest BCUT2D eigenvalue weighted by Gasteiger charge is -2.24. The second-order valence-electron chi connectivity index (χ2n) is 7.43. The summed E-state index contributed by atoms with van der Waals surface area (Å²) in [7, 11) is -2.50. The third kappa shape index (κ3) is 5.12. The van der Waals surface area contributed by atoms with Crippen LogP contribution in [0.4, 0.5) is 5.69 Å². The van der Waals surface area contributed by atoms with Gasteiger partial charge in [0.2, 0.25) is 6.79 Å². The standard InChI is InChI=1S/C24H23N3O6S/c1-17-3-10-21(11-4-17)34(29,30)27(19-6-8-20(31-2)9-7-19)15-24(28)26-25-14-18-5-12-22-23(13-18)33-16-32-22/h3-14H,15-16H2,1-2H3,(H,26,28)/b25-14-. The van der Waals surface area contributed by atoms with Gasteiger partial charge in [-0.15, -0.1) is 0 Å². The Balaban J connectivity index is 1.53. The van der Waals surface area contributed by atoms with E-state index in [4.69, 9.17) is 14.2 Å². The Morgan fingerprint density at radius 2 is 1.76 bits per heavy atom. The number of carbonyl (C=O) groups excluding carboxylic acids is 1. The predicted molar refractivity (Wildman–Crippen MR) is 127 cm³/mol. The molecule has 0 atom stereocenters. The van der Waals surface area contributed by atoms with Crippen molar-refractivity contribution in [2.45, 2.75) is 11.8 Å². The first-order valence-electron chi connectivity index (χ1n) is 10.3. The molecule has 0 unspecified atom stereocenters. The van der Waals surface area contributed by atoms with Crippen molar-refractivity contribution in [3.05, 3.63) is 77.9 Å². The van der Waals surface area contributed by atoms with Gasteiger partial charge in [-0.3, -0.25) is 9.10 Å². The van der Waals surface area contributed by atoms with Crippen LogP contribution >= 0.6 is 0 Å².